The Morgan fingerprint density at radius 1 is 1.50 bits per heavy atom. The molecule has 0 aliphatic rings. The molecular formula is C6H10F3NO2. The molecule has 6 heteroatoms. The number of esters is 1. The third kappa shape index (κ3) is 2.10. The van der Waals surface area contributed by atoms with Gasteiger partial charge in [0.25, 0.3) is 0 Å². The Balaban J connectivity index is 4.50. The maximum Gasteiger partial charge on any atom is 0.416 e. The van der Waals surface area contributed by atoms with Gasteiger partial charge in [-0.25, -0.2) is 4.79 Å². The Labute approximate surface area is 67.7 Å². The number of nitrogens with two attached hydrogens (primary N) is 1. The molecule has 0 aromatic carbocycles. The maximum atomic E-state index is 12.0. The molecule has 0 aromatic rings. The molecule has 3 nitrogen and oxygen atoms in total. The summed E-state index contributed by atoms with van der Waals surface area (Å²) in [6, 6.07) is 0. The van der Waals surface area contributed by atoms with Crippen LogP contribution in [0, 0.1) is 0 Å². The Morgan fingerprint density at radius 3 is 2.17 bits per heavy atom. The zero-order valence-corrected chi connectivity index (χ0v) is 6.73. The minimum atomic E-state index is -4.78. The predicted molar refractivity (Wildman–Crippen MR) is 35.3 cm³/mol. The van der Waals surface area contributed by atoms with Gasteiger partial charge in [-0.3, -0.25) is 0 Å². The van der Waals surface area contributed by atoms with Gasteiger partial charge in [-0.2, -0.15) is 13.2 Å². The van der Waals surface area contributed by atoms with E-state index in [1.54, 1.807) is 0 Å². The average Bonchev–Trinajstić information content (AvgIpc) is 1.85. The molecule has 0 amide bonds. The number of carbonyl (C=O) groups excluding carboxylic acids is 1. The van der Waals surface area contributed by atoms with Gasteiger partial charge < -0.3 is 10.5 Å². The predicted octanol–water partition coefficient (Wildman–Crippen LogP) is 0.829. The van der Waals surface area contributed by atoms with E-state index in [2.05, 4.69) is 4.74 Å². The molecule has 0 bridgehead atoms. The number of alkyl halides is 3. The molecule has 0 aromatic heterocycles. The molecule has 0 saturated carbocycles. The van der Waals surface area contributed by atoms with Crippen LogP contribution in [-0.2, 0) is 9.53 Å². The van der Waals surface area contributed by atoms with E-state index in [0.29, 0.717) is 6.92 Å². The van der Waals surface area contributed by atoms with Crippen LogP contribution in [0.5, 0.6) is 0 Å². The Bertz CT molecular complexity index is 176. The van der Waals surface area contributed by atoms with E-state index in [0.717, 1.165) is 0 Å². The molecule has 0 rings (SSSR count). The highest BCUT2D eigenvalue weighted by molar-refractivity contribution is 5.81. The topological polar surface area (TPSA) is 52.3 Å². The van der Waals surface area contributed by atoms with Crippen LogP contribution < -0.4 is 5.73 Å². The summed E-state index contributed by atoms with van der Waals surface area (Å²) in [5.74, 6) is -1.46. The van der Waals surface area contributed by atoms with Gasteiger partial charge >= 0.3 is 12.1 Å². The van der Waals surface area contributed by atoms with Crippen molar-refractivity contribution in [2.24, 2.45) is 5.73 Å². The summed E-state index contributed by atoms with van der Waals surface area (Å²) in [6.45, 7) is 1.86. The second kappa shape index (κ2) is 3.30. The molecule has 2 N–H and O–H groups in total. The van der Waals surface area contributed by atoms with Crippen LogP contribution in [0.25, 0.3) is 0 Å². The summed E-state index contributed by atoms with van der Waals surface area (Å²) in [5, 5.41) is 0. The van der Waals surface area contributed by atoms with Gasteiger partial charge in [0, 0.05) is 0 Å². The van der Waals surface area contributed by atoms with Gasteiger partial charge in [0.15, 0.2) is 0 Å². The SMILES string of the molecule is CCOC(=O)[C@](C)(N)C(F)(F)F. The second-order valence-electron chi connectivity index (χ2n) is 2.42. The fraction of sp³-hybridized carbons (Fsp3) is 0.833. The van der Waals surface area contributed by atoms with Crippen LogP contribution in [0.3, 0.4) is 0 Å². The smallest absolute Gasteiger partial charge is 0.416 e. The summed E-state index contributed by atoms with van der Waals surface area (Å²) in [4.78, 5) is 10.6. The van der Waals surface area contributed by atoms with E-state index < -0.39 is 17.7 Å². The van der Waals surface area contributed by atoms with E-state index in [-0.39, 0.29) is 6.61 Å². The van der Waals surface area contributed by atoms with E-state index in [1.807, 2.05) is 0 Å². The molecule has 12 heavy (non-hydrogen) atoms. The highest BCUT2D eigenvalue weighted by atomic mass is 19.4. The highest BCUT2D eigenvalue weighted by Crippen LogP contribution is 2.28. The van der Waals surface area contributed by atoms with Gasteiger partial charge in [-0.05, 0) is 13.8 Å². The number of rotatable bonds is 2. The van der Waals surface area contributed by atoms with Gasteiger partial charge in [0.2, 0.25) is 5.54 Å². The average molecular weight is 185 g/mol. The summed E-state index contributed by atoms with van der Waals surface area (Å²) in [6.07, 6.45) is -4.78. The standard InChI is InChI=1S/C6H10F3NO2/c1-3-12-4(11)5(2,10)6(7,8)9/h3,10H2,1-2H3/t5-/m0/s1. The lowest BCUT2D eigenvalue weighted by molar-refractivity contribution is -0.201. The molecule has 1 atom stereocenters. The van der Waals surface area contributed by atoms with Crippen LogP contribution in [0.4, 0.5) is 13.2 Å². The molecule has 72 valence electrons. The number of carbonyl (C=O) groups is 1. The molecule has 0 saturated heterocycles. The number of hydrogen-bond donors (Lipinski definition) is 1. The zero-order valence-electron chi connectivity index (χ0n) is 6.73. The third-order valence-electron chi connectivity index (χ3n) is 1.29. The fourth-order valence-electron chi connectivity index (χ4n) is 0.397. The largest absolute Gasteiger partial charge is 0.464 e. The minimum Gasteiger partial charge on any atom is -0.464 e. The quantitative estimate of drug-likeness (QED) is 0.648. The zero-order chi connectivity index (χ0) is 9.99. The molecule has 0 heterocycles. The van der Waals surface area contributed by atoms with Crippen molar-refractivity contribution in [2.75, 3.05) is 6.61 Å². The Morgan fingerprint density at radius 2 is 1.92 bits per heavy atom. The summed E-state index contributed by atoms with van der Waals surface area (Å²) < 4.78 is 40.1. The molecule has 0 spiro atoms. The van der Waals surface area contributed by atoms with Crippen molar-refractivity contribution in [3.8, 4) is 0 Å². The molecule has 0 aliphatic carbocycles. The first-order valence-corrected chi connectivity index (χ1v) is 3.26. The lowest BCUT2D eigenvalue weighted by Gasteiger charge is -2.24. The van der Waals surface area contributed by atoms with Gasteiger partial charge in [0.1, 0.15) is 0 Å². The Kier molecular flexibility index (Phi) is 3.09. The first-order valence-electron chi connectivity index (χ1n) is 3.26. The monoisotopic (exact) mass is 185 g/mol. The Hall–Kier alpha value is -0.780. The number of ether oxygens (including phenoxy) is 1. The van der Waals surface area contributed by atoms with Crippen LogP contribution in [0.2, 0.25) is 0 Å². The van der Waals surface area contributed by atoms with Gasteiger partial charge in [-0.1, -0.05) is 0 Å². The van der Waals surface area contributed by atoms with E-state index >= 15 is 0 Å². The molecular weight excluding hydrogens is 175 g/mol. The summed E-state index contributed by atoms with van der Waals surface area (Å²) in [7, 11) is 0. The normalized spacial score (nSPS) is 16.8. The third-order valence-corrected chi connectivity index (χ3v) is 1.29. The highest BCUT2D eigenvalue weighted by Gasteiger charge is 2.55. The molecule has 0 fully saturated rings. The van der Waals surface area contributed by atoms with Crippen molar-refractivity contribution < 1.29 is 22.7 Å². The maximum absolute atomic E-state index is 12.0. The van der Waals surface area contributed by atoms with Gasteiger partial charge in [0.05, 0.1) is 6.61 Å². The van der Waals surface area contributed by atoms with Crippen LogP contribution in [-0.4, -0.2) is 24.3 Å². The van der Waals surface area contributed by atoms with Crippen molar-refractivity contribution in [2.45, 2.75) is 25.6 Å². The summed E-state index contributed by atoms with van der Waals surface area (Å²) >= 11 is 0. The van der Waals surface area contributed by atoms with Crippen molar-refractivity contribution in [3.05, 3.63) is 0 Å². The van der Waals surface area contributed by atoms with Crippen LogP contribution in [0.15, 0.2) is 0 Å². The van der Waals surface area contributed by atoms with E-state index in [4.69, 9.17) is 5.73 Å². The number of halogens is 3. The fourth-order valence-corrected chi connectivity index (χ4v) is 0.397. The lowest BCUT2D eigenvalue weighted by Crippen LogP contribution is -2.57. The summed E-state index contributed by atoms with van der Waals surface area (Å²) in [5.41, 5.74) is 1.81. The van der Waals surface area contributed by atoms with Crippen molar-refractivity contribution in [1.82, 2.24) is 0 Å². The minimum absolute atomic E-state index is 0.123. The van der Waals surface area contributed by atoms with E-state index in [1.165, 1.54) is 6.92 Å². The second-order valence-corrected chi connectivity index (χ2v) is 2.42. The van der Waals surface area contributed by atoms with Gasteiger partial charge in [-0.15, -0.1) is 0 Å². The number of hydrogen-bond acceptors (Lipinski definition) is 3. The van der Waals surface area contributed by atoms with Crippen molar-refractivity contribution in [1.29, 1.82) is 0 Å². The lowest BCUT2D eigenvalue weighted by atomic mass is 10.0. The van der Waals surface area contributed by atoms with Crippen LogP contribution >= 0.6 is 0 Å². The van der Waals surface area contributed by atoms with Crippen LogP contribution in [0.1, 0.15) is 13.8 Å². The van der Waals surface area contributed by atoms with Crippen molar-refractivity contribution in [3.63, 3.8) is 0 Å². The first kappa shape index (κ1) is 11.2. The molecule has 0 aliphatic heterocycles. The molecule has 0 radical (unpaired) electrons. The van der Waals surface area contributed by atoms with Crippen molar-refractivity contribution >= 4 is 5.97 Å². The first-order chi connectivity index (χ1) is 5.23. The van der Waals surface area contributed by atoms with E-state index in [9.17, 15) is 18.0 Å². The molecule has 0 unspecified atom stereocenters.